The molecule has 0 heterocycles. The quantitative estimate of drug-likeness (QED) is 0.0465. The van der Waals surface area contributed by atoms with Crippen molar-refractivity contribution in [2.24, 2.45) is 0 Å². The van der Waals surface area contributed by atoms with E-state index in [1.807, 2.05) is 0 Å². The number of rotatable bonds is 32. The van der Waals surface area contributed by atoms with Crippen LogP contribution in [-0.2, 0) is 9.59 Å². The van der Waals surface area contributed by atoms with Crippen molar-refractivity contribution in [2.75, 3.05) is 0 Å². The van der Waals surface area contributed by atoms with Crippen LogP contribution in [0.1, 0.15) is 194 Å². The molecule has 0 saturated heterocycles. The predicted molar refractivity (Wildman–Crippen MR) is 176 cm³/mol. The van der Waals surface area contributed by atoms with Gasteiger partial charge in [0.25, 0.3) is 0 Å². The second-order valence-corrected chi connectivity index (χ2v) is 12.8. The lowest BCUT2D eigenvalue weighted by Gasteiger charge is -2.02. The minimum absolute atomic E-state index is 0.130. The molecule has 0 saturated carbocycles. The van der Waals surface area contributed by atoms with Crippen molar-refractivity contribution in [3.8, 4) is 0 Å². The Morgan fingerprint density at radius 1 is 0.385 bits per heavy atom. The van der Waals surface area contributed by atoms with Crippen LogP contribution in [0.5, 0.6) is 0 Å². The molecular formula is C36H66O2P. The van der Waals surface area contributed by atoms with Crippen LogP contribution in [0, 0.1) is 0 Å². The minimum Gasteiger partial charge on any atom is -0.294 e. The summed E-state index contributed by atoms with van der Waals surface area (Å²) in [5, 5.41) is 0. The van der Waals surface area contributed by atoms with Crippen molar-refractivity contribution in [3.63, 3.8) is 0 Å². The van der Waals surface area contributed by atoms with E-state index < -0.39 is 0 Å². The summed E-state index contributed by atoms with van der Waals surface area (Å²) in [4.78, 5) is 24.2. The zero-order valence-electron chi connectivity index (χ0n) is 26.4. The predicted octanol–water partition coefficient (Wildman–Crippen LogP) is 13.1. The monoisotopic (exact) mass is 561 g/mol. The molecule has 0 N–H and O–H groups in total. The highest BCUT2D eigenvalue weighted by Gasteiger charge is 2.10. The zero-order valence-corrected chi connectivity index (χ0v) is 27.3. The summed E-state index contributed by atoms with van der Waals surface area (Å²) >= 11 is 0. The highest BCUT2D eigenvalue weighted by molar-refractivity contribution is 7.73. The average molecular weight is 562 g/mol. The minimum atomic E-state index is 0.130. The highest BCUT2D eigenvalue weighted by atomic mass is 31.1. The van der Waals surface area contributed by atoms with E-state index in [0.29, 0.717) is 21.4 Å². The van der Waals surface area contributed by atoms with Gasteiger partial charge in [-0.25, -0.2) is 0 Å². The van der Waals surface area contributed by atoms with Crippen molar-refractivity contribution < 1.29 is 9.59 Å². The summed E-state index contributed by atoms with van der Waals surface area (Å²) in [5.41, 5.74) is 0.260. The summed E-state index contributed by atoms with van der Waals surface area (Å²) in [6, 6.07) is 0. The van der Waals surface area contributed by atoms with E-state index >= 15 is 0 Å². The summed E-state index contributed by atoms with van der Waals surface area (Å²) < 4.78 is 0. The van der Waals surface area contributed by atoms with Crippen LogP contribution >= 0.6 is 8.58 Å². The Balaban J connectivity index is 3.37. The topological polar surface area (TPSA) is 34.1 Å². The van der Waals surface area contributed by atoms with Crippen LogP contribution in [0.4, 0.5) is 0 Å². The van der Waals surface area contributed by atoms with E-state index in [4.69, 9.17) is 0 Å². The van der Waals surface area contributed by atoms with Gasteiger partial charge >= 0.3 is 0 Å². The molecule has 0 amide bonds. The van der Waals surface area contributed by atoms with E-state index in [-0.39, 0.29) is 11.0 Å². The van der Waals surface area contributed by atoms with Gasteiger partial charge in [0.1, 0.15) is 0 Å². The molecule has 0 fully saturated rings. The summed E-state index contributed by atoms with van der Waals surface area (Å²) in [5.74, 6) is 0. The molecule has 0 aromatic rings. The molecule has 227 valence electrons. The number of hydrogen-bond donors (Lipinski definition) is 0. The lowest BCUT2D eigenvalue weighted by atomic mass is 10.1. The SMILES string of the molecule is CCCCCCCC/C=C\CCCCCCCC(=O)[P]C(=O)CCCCCCC/C=C\CCCCCCCC. The van der Waals surface area contributed by atoms with Gasteiger partial charge in [-0.05, 0) is 64.2 Å². The van der Waals surface area contributed by atoms with Crippen LogP contribution in [0.2, 0.25) is 0 Å². The first-order chi connectivity index (χ1) is 19.2. The zero-order chi connectivity index (χ0) is 28.5. The van der Waals surface area contributed by atoms with E-state index in [1.54, 1.807) is 0 Å². The van der Waals surface area contributed by atoms with Gasteiger partial charge in [-0.2, -0.15) is 0 Å². The van der Waals surface area contributed by atoms with Crippen LogP contribution in [0.25, 0.3) is 0 Å². The van der Waals surface area contributed by atoms with E-state index in [9.17, 15) is 9.59 Å². The fourth-order valence-corrected chi connectivity index (χ4v) is 5.76. The van der Waals surface area contributed by atoms with Crippen molar-refractivity contribution in [3.05, 3.63) is 24.3 Å². The van der Waals surface area contributed by atoms with E-state index in [2.05, 4.69) is 38.2 Å². The summed E-state index contributed by atoms with van der Waals surface area (Å²) in [6.45, 7) is 4.54. The Bertz CT molecular complexity index is 531. The Morgan fingerprint density at radius 3 is 0.949 bits per heavy atom. The highest BCUT2D eigenvalue weighted by Crippen LogP contribution is 2.22. The molecule has 0 atom stereocenters. The lowest BCUT2D eigenvalue weighted by Crippen LogP contribution is -1.97. The van der Waals surface area contributed by atoms with Gasteiger partial charge in [-0.1, -0.05) is 141 Å². The van der Waals surface area contributed by atoms with Gasteiger partial charge in [-0.15, -0.1) is 0 Å². The molecule has 39 heavy (non-hydrogen) atoms. The molecular weight excluding hydrogens is 495 g/mol. The molecule has 0 aliphatic carbocycles. The fraction of sp³-hybridized carbons (Fsp3) is 0.833. The van der Waals surface area contributed by atoms with Crippen molar-refractivity contribution in [1.29, 1.82) is 0 Å². The number of hydrogen-bond acceptors (Lipinski definition) is 2. The molecule has 0 aliphatic rings. The third kappa shape index (κ3) is 33.4. The van der Waals surface area contributed by atoms with Gasteiger partial charge in [0.05, 0.1) is 8.58 Å². The fourth-order valence-electron chi connectivity index (χ4n) is 4.94. The third-order valence-corrected chi connectivity index (χ3v) is 8.50. The smallest absolute Gasteiger partial charge is 0.167 e. The number of carbonyl (C=O) groups excluding carboxylic acids is 2. The van der Waals surface area contributed by atoms with E-state index in [1.165, 1.54) is 141 Å². The molecule has 0 aliphatic heterocycles. The van der Waals surface area contributed by atoms with Crippen LogP contribution in [0.15, 0.2) is 24.3 Å². The molecule has 0 rings (SSSR count). The summed E-state index contributed by atoms with van der Waals surface area (Å²) in [7, 11) is 0.441. The Morgan fingerprint density at radius 2 is 0.641 bits per heavy atom. The maximum absolute atomic E-state index is 12.1. The maximum Gasteiger partial charge on any atom is 0.167 e. The number of allylic oxidation sites excluding steroid dienone is 4. The Hall–Kier alpha value is -0.750. The molecule has 0 unspecified atom stereocenters. The second kappa shape index (κ2) is 33.5. The number of carbonyl (C=O) groups is 2. The average Bonchev–Trinajstić information content (AvgIpc) is 2.93. The van der Waals surface area contributed by atoms with Gasteiger partial charge in [0, 0.05) is 12.8 Å². The molecule has 0 aromatic carbocycles. The van der Waals surface area contributed by atoms with Crippen LogP contribution < -0.4 is 0 Å². The van der Waals surface area contributed by atoms with Gasteiger partial charge in [0.2, 0.25) is 0 Å². The standard InChI is InChI=1S/C36H66O2P/c1-3-5-7-9-11-13-15-17-19-21-23-25-27-29-31-33-35(37)39-36(38)34-32-30-28-26-24-22-20-18-16-14-12-10-8-6-4-2/h17-20H,3-16,21-34H2,1-2H3/b19-17-,20-18-. The van der Waals surface area contributed by atoms with Crippen molar-refractivity contribution in [1.82, 2.24) is 0 Å². The first-order valence-electron chi connectivity index (χ1n) is 17.3. The summed E-state index contributed by atoms with van der Waals surface area (Å²) in [6.07, 6.45) is 43.5. The first-order valence-corrected chi connectivity index (χ1v) is 18.2. The Labute approximate surface area is 246 Å². The molecule has 0 aromatic heterocycles. The second-order valence-electron chi connectivity index (χ2n) is 11.6. The van der Waals surface area contributed by atoms with Gasteiger partial charge in [-0.3, -0.25) is 9.59 Å². The largest absolute Gasteiger partial charge is 0.294 e. The van der Waals surface area contributed by atoms with Crippen LogP contribution in [0.3, 0.4) is 0 Å². The van der Waals surface area contributed by atoms with Crippen LogP contribution in [-0.4, -0.2) is 11.0 Å². The van der Waals surface area contributed by atoms with Gasteiger partial charge in [0.15, 0.2) is 11.0 Å². The number of unbranched alkanes of at least 4 members (excludes halogenated alkanes) is 22. The maximum atomic E-state index is 12.1. The Kier molecular flexibility index (Phi) is 32.8. The molecule has 1 radical (unpaired) electrons. The first kappa shape index (κ1) is 38.2. The molecule has 2 nitrogen and oxygen atoms in total. The van der Waals surface area contributed by atoms with Crippen molar-refractivity contribution in [2.45, 2.75) is 194 Å². The van der Waals surface area contributed by atoms with Crippen molar-refractivity contribution >= 4 is 19.6 Å². The molecule has 3 heteroatoms. The molecule has 0 spiro atoms. The lowest BCUT2D eigenvalue weighted by molar-refractivity contribution is -0.113. The third-order valence-electron chi connectivity index (χ3n) is 7.55. The normalized spacial score (nSPS) is 11.7. The van der Waals surface area contributed by atoms with E-state index in [0.717, 1.165) is 25.7 Å². The van der Waals surface area contributed by atoms with Gasteiger partial charge < -0.3 is 0 Å². The molecule has 0 bridgehead atoms.